The van der Waals surface area contributed by atoms with Crippen LogP contribution in [-0.2, 0) is 11.2 Å². The number of allylic oxidation sites excluding steroid dienone is 1. The van der Waals surface area contributed by atoms with Crippen molar-refractivity contribution in [2.75, 3.05) is 6.61 Å². The van der Waals surface area contributed by atoms with Gasteiger partial charge in [-0.1, -0.05) is 30.3 Å². The summed E-state index contributed by atoms with van der Waals surface area (Å²) >= 11 is 0. The second-order valence-electron chi connectivity index (χ2n) is 7.87. The summed E-state index contributed by atoms with van der Waals surface area (Å²) in [6.07, 6.45) is 5.26. The van der Waals surface area contributed by atoms with Crippen molar-refractivity contribution in [3.05, 3.63) is 71.0 Å². The third-order valence-corrected chi connectivity index (χ3v) is 5.40. The van der Waals surface area contributed by atoms with Crippen molar-refractivity contribution in [2.24, 2.45) is 0 Å². The van der Waals surface area contributed by atoms with Crippen molar-refractivity contribution in [3.8, 4) is 5.75 Å². The molecular weight excluding hydrogens is 374 g/mol. The molecule has 3 rings (SSSR count). The Balaban J connectivity index is 1.76. The van der Waals surface area contributed by atoms with Crippen LogP contribution in [0, 0.1) is 13.8 Å². The zero-order valence-corrected chi connectivity index (χ0v) is 18.5. The maximum absolute atomic E-state index is 12.6. The van der Waals surface area contributed by atoms with Gasteiger partial charge in [-0.25, -0.2) is 0 Å². The summed E-state index contributed by atoms with van der Waals surface area (Å²) in [6, 6.07) is 12.5. The first-order chi connectivity index (χ1) is 14.4. The number of fused-ring (bicyclic) bond motifs is 1. The lowest BCUT2D eigenvalue weighted by atomic mass is 9.98. The van der Waals surface area contributed by atoms with Gasteiger partial charge in [0.1, 0.15) is 11.3 Å². The van der Waals surface area contributed by atoms with E-state index in [4.69, 9.17) is 9.15 Å². The van der Waals surface area contributed by atoms with E-state index >= 15 is 0 Å². The number of ether oxygens (including phenoxy) is 1. The Bertz CT molecular complexity index is 1050. The highest BCUT2D eigenvalue weighted by Crippen LogP contribution is 2.37. The number of nitrogens with one attached hydrogen (secondary N) is 1. The largest absolute Gasteiger partial charge is 0.493 e. The van der Waals surface area contributed by atoms with Crippen LogP contribution in [0.4, 0.5) is 0 Å². The van der Waals surface area contributed by atoms with Gasteiger partial charge < -0.3 is 14.5 Å². The molecule has 1 heterocycles. The Morgan fingerprint density at radius 1 is 1.23 bits per heavy atom. The highest BCUT2D eigenvalue weighted by molar-refractivity contribution is 5.98. The van der Waals surface area contributed by atoms with E-state index in [0.717, 1.165) is 51.8 Å². The number of carbonyl (C=O) groups is 1. The molecule has 0 radical (unpaired) electrons. The zero-order valence-electron chi connectivity index (χ0n) is 18.5. The Kier molecular flexibility index (Phi) is 6.99. The summed E-state index contributed by atoms with van der Waals surface area (Å²) in [7, 11) is 0. The van der Waals surface area contributed by atoms with Crippen LogP contribution in [0.1, 0.15) is 49.4 Å². The number of amides is 1. The maximum atomic E-state index is 12.6. The average Bonchev–Trinajstić information content (AvgIpc) is 3.10. The molecule has 3 aromatic rings. The number of aryl methyl sites for hydroxylation is 3. The van der Waals surface area contributed by atoms with E-state index in [1.165, 1.54) is 5.56 Å². The smallest absolute Gasteiger partial charge is 0.244 e. The normalized spacial score (nSPS) is 12.8. The first kappa shape index (κ1) is 21.7. The van der Waals surface area contributed by atoms with Crippen molar-refractivity contribution in [1.29, 1.82) is 0 Å². The summed E-state index contributed by atoms with van der Waals surface area (Å²) < 4.78 is 11.6. The highest BCUT2D eigenvalue weighted by Gasteiger charge is 2.17. The second-order valence-corrected chi connectivity index (χ2v) is 7.87. The van der Waals surface area contributed by atoms with Gasteiger partial charge in [0.25, 0.3) is 0 Å². The lowest BCUT2D eigenvalue weighted by molar-refractivity contribution is -0.117. The molecule has 1 atom stereocenters. The topological polar surface area (TPSA) is 51.5 Å². The number of benzene rings is 2. The van der Waals surface area contributed by atoms with Crippen molar-refractivity contribution < 1.29 is 13.9 Å². The fourth-order valence-electron chi connectivity index (χ4n) is 3.72. The summed E-state index contributed by atoms with van der Waals surface area (Å²) in [5, 5.41) is 4.14. The summed E-state index contributed by atoms with van der Waals surface area (Å²) in [5.41, 5.74) is 5.96. The van der Waals surface area contributed by atoms with Gasteiger partial charge in [-0.05, 0) is 70.2 Å². The first-order valence-electron chi connectivity index (χ1n) is 10.6. The minimum atomic E-state index is -0.0859. The number of furan rings is 1. The molecule has 0 aliphatic carbocycles. The van der Waals surface area contributed by atoms with Gasteiger partial charge in [0, 0.05) is 28.6 Å². The van der Waals surface area contributed by atoms with Crippen LogP contribution in [0.2, 0.25) is 0 Å². The quantitative estimate of drug-likeness (QED) is 0.468. The van der Waals surface area contributed by atoms with Crippen LogP contribution in [0.5, 0.6) is 5.75 Å². The van der Waals surface area contributed by atoms with Gasteiger partial charge in [0.05, 0.1) is 12.9 Å². The molecule has 1 aromatic heterocycles. The number of hydrogen-bond donors (Lipinski definition) is 1. The highest BCUT2D eigenvalue weighted by atomic mass is 16.5. The summed E-state index contributed by atoms with van der Waals surface area (Å²) in [4.78, 5) is 12.6. The van der Waals surface area contributed by atoms with Gasteiger partial charge in [-0.2, -0.15) is 0 Å². The van der Waals surface area contributed by atoms with Gasteiger partial charge in [-0.15, -0.1) is 0 Å². The van der Waals surface area contributed by atoms with Crippen LogP contribution in [-0.4, -0.2) is 18.6 Å². The summed E-state index contributed by atoms with van der Waals surface area (Å²) in [5.74, 6) is 0.690. The molecule has 1 amide bonds. The van der Waals surface area contributed by atoms with Gasteiger partial charge in [0.15, 0.2) is 0 Å². The molecule has 30 heavy (non-hydrogen) atoms. The van der Waals surface area contributed by atoms with E-state index in [2.05, 4.69) is 23.5 Å². The lowest BCUT2D eigenvalue weighted by Gasteiger charge is -2.16. The molecule has 1 N–H and O–H groups in total. The van der Waals surface area contributed by atoms with Gasteiger partial charge >= 0.3 is 0 Å². The third kappa shape index (κ3) is 4.93. The summed E-state index contributed by atoms with van der Waals surface area (Å²) in [6.45, 7) is 10.5. The van der Waals surface area contributed by atoms with Crippen LogP contribution in [0.25, 0.3) is 16.5 Å². The minimum Gasteiger partial charge on any atom is -0.493 e. The Morgan fingerprint density at radius 3 is 2.67 bits per heavy atom. The second kappa shape index (κ2) is 9.66. The monoisotopic (exact) mass is 405 g/mol. The molecule has 0 aliphatic heterocycles. The molecule has 4 heteroatoms. The fourth-order valence-corrected chi connectivity index (χ4v) is 3.72. The van der Waals surface area contributed by atoms with Crippen LogP contribution in [0.15, 0.2) is 53.2 Å². The Hall–Kier alpha value is -3.01. The Morgan fingerprint density at radius 2 is 1.97 bits per heavy atom. The van der Waals surface area contributed by atoms with E-state index in [9.17, 15) is 4.79 Å². The number of rotatable bonds is 8. The van der Waals surface area contributed by atoms with Gasteiger partial charge in [0.2, 0.25) is 5.91 Å². The van der Waals surface area contributed by atoms with Crippen LogP contribution >= 0.6 is 0 Å². The average molecular weight is 406 g/mol. The van der Waals surface area contributed by atoms with Crippen molar-refractivity contribution in [2.45, 2.75) is 53.5 Å². The van der Waals surface area contributed by atoms with Crippen LogP contribution < -0.4 is 10.1 Å². The van der Waals surface area contributed by atoms with Crippen LogP contribution in [0.3, 0.4) is 0 Å². The lowest BCUT2D eigenvalue weighted by Crippen LogP contribution is -2.31. The van der Waals surface area contributed by atoms with E-state index in [0.29, 0.717) is 6.61 Å². The SMILES string of the molecule is CCOc1c(/C(C)=C/C(=O)NC(C)CCc2ccccc2)cc2c(C)coc2c1C. The zero-order chi connectivity index (χ0) is 21.7. The Labute approximate surface area is 178 Å². The molecule has 1 unspecified atom stereocenters. The molecule has 158 valence electrons. The van der Waals surface area contributed by atoms with E-state index in [1.54, 1.807) is 12.3 Å². The predicted octanol–water partition coefficient (Wildman–Crippen LogP) is 5.99. The molecule has 0 aliphatic rings. The molecular formula is C26H31NO3. The molecule has 0 saturated heterocycles. The maximum Gasteiger partial charge on any atom is 0.244 e. The van der Waals surface area contributed by atoms with Crippen molar-refractivity contribution in [3.63, 3.8) is 0 Å². The minimum absolute atomic E-state index is 0.0859. The molecule has 0 bridgehead atoms. The fraction of sp³-hybridized carbons (Fsp3) is 0.346. The van der Waals surface area contributed by atoms with E-state index in [-0.39, 0.29) is 11.9 Å². The van der Waals surface area contributed by atoms with E-state index < -0.39 is 0 Å². The van der Waals surface area contributed by atoms with Crippen molar-refractivity contribution in [1.82, 2.24) is 5.32 Å². The molecule has 4 nitrogen and oxygen atoms in total. The molecule has 2 aromatic carbocycles. The number of carbonyl (C=O) groups excluding carboxylic acids is 1. The molecule has 0 saturated carbocycles. The first-order valence-corrected chi connectivity index (χ1v) is 10.6. The molecule has 0 fully saturated rings. The van der Waals surface area contributed by atoms with Gasteiger partial charge in [-0.3, -0.25) is 4.79 Å². The van der Waals surface area contributed by atoms with Crippen molar-refractivity contribution >= 4 is 22.4 Å². The van der Waals surface area contributed by atoms with E-state index in [1.807, 2.05) is 52.8 Å². The third-order valence-electron chi connectivity index (χ3n) is 5.40. The predicted molar refractivity (Wildman–Crippen MR) is 123 cm³/mol. The number of hydrogen-bond acceptors (Lipinski definition) is 3. The molecule has 0 spiro atoms. The standard InChI is InChI=1S/C26H31NO3/c1-6-29-25-20(5)26-23(18(3)16-30-26)15-22(25)17(2)14-24(28)27-19(4)12-13-21-10-8-7-9-11-21/h7-11,14-16,19H,6,12-13H2,1-5H3,(H,27,28)/b17-14+.